The number of sulfonamides is 1. The van der Waals surface area contributed by atoms with Gasteiger partial charge in [-0.15, -0.1) is 0 Å². The topological polar surface area (TPSA) is 89.4 Å². The van der Waals surface area contributed by atoms with Crippen LogP contribution in [0.2, 0.25) is 0 Å². The van der Waals surface area contributed by atoms with Crippen LogP contribution in [0.3, 0.4) is 0 Å². The van der Waals surface area contributed by atoms with Crippen LogP contribution in [-0.2, 0) is 10.0 Å². The van der Waals surface area contributed by atoms with Crippen molar-refractivity contribution >= 4 is 21.4 Å². The van der Waals surface area contributed by atoms with Crippen LogP contribution in [0.5, 0.6) is 0 Å². The zero-order chi connectivity index (χ0) is 12.5. The number of anilines is 2. The zero-order valence-electron chi connectivity index (χ0n) is 9.59. The Labute approximate surface area is 101 Å². The third-order valence-electron chi connectivity index (χ3n) is 3.02. The number of hydrogen-bond acceptors (Lipinski definition) is 4. The maximum absolute atomic E-state index is 11.2. The van der Waals surface area contributed by atoms with Crippen LogP contribution in [0, 0.1) is 0 Å². The highest BCUT2D eigenvalue weighted by molar-refractivity contribution is 7.89. The van der Waals surface area contributed by atoms with E-state index in [1.54, 1.807) is 6.07 Å². The maximum atomic E-state index is 11.2. The summed E-state index contributed by atoms with van der Waals surface area (Å²) in [6.45, 7) is 1.94. The Kier molecular flexibility index (Phi) is 3.26. The van der Waals surface area contributed by atoms with Gasteiger partial charge in [-0.1, -0.05) is 0 Å². The number of rotatable bonds is 2. The van der Waals surface area contributed by atoms with Gasteiger partial charge in [0, 0.05) is 13.1 Å². The van der Waals surface area contributed by atoms with E-state index in [4.69, 9.17) is 10.9 Å². The van der Waals surface area contributed by atoms with Crippen molar-refractivity contribution in [2.45, 2.75) is 24.2 Å². The van der Waals surface area contributed by atoms with Crippen molar-refractivity contribution in [2.24, 2.45) is 5.14 Å². The van der Waals surface area contributed by atoms with Crippen LogP contribution >= 0.6 is 0 Å². The van der Waals surface area contributed by atoms with Crippen LogP contribution in [0.15, 0.2) is 23.1 Å². The van der Waals surface area contributed by atoms with Crippen molar-refractivity contribution < 1.29 is 8.42 Å². The first kappa shape index (κ1) is 12.2. The third kappa shape index (κ3) is 2.70. The van der Waals surface area contributed by atoms with Gasteiger partial charge in [0.2, 0.25) is 10.0 Å². The number of piperidine rings is 1. The molecule has 1 saturated heterocycles. The van der Waals surface area contributed by atoms with Gasteiger partial charge >= 0.3 is 0 Å². The maximum Gasteiger partial charge on any atom is 0.238 e. The van der Waals surface area contributed by atoms with E-state index in [-0.39, 0.29) is 4.90 Å². The van der Waals surface area contributed by atoms with Crippen molar-refractivity contribution in [2.75, 3.05) is 23.7 Å². The van der Waals surface area contributed by atoms with Crippen molar-refractivity contribution in [1.29, 1.82) is 0 Å². The average Bonchev–Trinajstić information content (AvgIpc) is 2.29. The second-order valence-electron chi connectivity index (χ2n) is 4.31. The summed E-state index contributed by atoms with van der Waals surface area (Å²) in [7, 11) is -3.67. The first-order valence-corrected chi connectivity index (χ1v) is 7.20. The number of nitrogen functional groups attached to an aromatic ring is 1. The van der Waals surface area contributed by atoms with Gasteiger partial charge < -0.3 is 10.6 Å². The van der Waals surface area contributed by atoms with Gasteiger partial charge in [-0.05, 0) is 37.5 Å². The molecule has 17 heavy (non-hydrogen) atoms. The fourth-order valence-corrected chi connectivity index (χ4v) is 2.68. The van der Waals surface area contributed by atoms with Gasteiger partial charge in [0.25, 0.3) is 0 Å². The average molecular weight is 255 g/mol. The van der Waals surface area contributed by atoms with E-state index in [2.05, 4.69) is 4.90 Å². The van der Waals surface area contributed by atoms with Crippen LogP contribution in [-0.4, -0.2) is 21.5 Å². The molecule has 0 saturated carbocycles. The molecule has 0 aromatic heterocycles. The predicted molar refractivity (Wildman–Crippen MR) is 68.3 cm³/mol. The van der Waals surface area contributed by atoms with E-state index in [0.29, 0.717) is 5.69 Å². The van der Waals surface area contributed by atoms with Crippen LogP contribution in [0.4, 0.5) is 11.4 Å². The second-order valence-corrected chi connectivity index (χ2v) is 5.87. The highest BCUT2D eigenvalue weighted by Crippen LogP contribution is 2.28. The van der Waals surface area contributed by atoms with E-state index in [0.717, 1.165) is 31.6 Å². The Balaban J connectivity index is 2.31. The molecule has 0 spiro atoms. The summed E-state index contributed by atoms with van der Waals surface area (Å²) in [5.74, 6) is 0. The number of nitrogens with two attached hydrogens (primary N) is 2. The molecule has 1 aliphatic rings. The molecule has 1 fully saturated rings. The smallest absolute Gasteiger partial charge is 0.238 e. The summed E-state index contributed by atoms with van der Waals surface area (Å²) in [5, 5.41) is 5.06. The Hall–Kier alpha value is -1.27. The van der Waals surface area contributed by atoms with Crippen molar-refractivity contribution in [1.82, 2.24) is 0 Å². The lowest BCUT2D eigenvalue weighted by Crippen LogP contribution is -2.30. The molecule has 0 radical (unpaired) electrons. The summed E-state index contributed by atoms with van der Waals surface area (Å²) < 4.78 is 22.4. The van der Waals surface area contributed by atoms with Crippen LogP contribution in [0.1, 0.15) is 19.3 Å². The highest BCUT2D eigenvalue weighted by atomic mass is 32.2. The first-order chi connectivity index (χ1) is 7.98. The fraction of sp³-hybridized carbons (Fsp3) is 0.455. The molecule has 1 aliphatic heterocycles. The lowest BCUT2D eigenvalue weighted by Gasteiger charge is -2.29. The number of benzene rings is 1. The van der Waals surface area contributed by atoms with Crippen molar-refractivity contribution in [3.8, 4) is 0 Å². The van der Waals surface area contributed by atoms with Crippen molar-refractivity contribution in [3.63, 3.8) is 0 Å². The van der Waals surface area contributed by atoms with Gasteiger partial charge in [-0.3, -0.25) is 0 Å². The molecule has 6 heteroatoms. The summed E-state index contributed by atoms with van der Waals surface area (Å²) in [6.07, 6.45) is 3.54. The Morgan fingerprint density at radius 3 is 2.29 bits per heavy atom. The van der Waals surface area contributed by atoms with Gasteiger partial charge in [-0.25, -0.2) is 13.6 Å². The molecule has 1 heterocycles. The summed E-state index contributed by atoms with van der Waals surface area (Å²) in [4.78, 5) is 2.25. The standard InChI is InChI=1S/C11H17N3O2S/c12-10-8-9(17(13,15)16)4-5-11(10)14-6-2-1-3-7-14/h4-5,8H,1-3,6-7,12H2,(H2,13,15,16). The van der Waals surface area contributed by atoms with E-state index in [1.165, 1.54) is 18.6 Å². The number of primary sulfonamides is 1. The van der Waals surface area contributed by atoms with E-state index in [9.17, 15) is 8.42 Å². The number of nitrogens with zero attached hydrogens (tertiary/aromatic N) is 1. The van der Waals surface area contributed by atoms with E-state index in [1.807, 2.05) is 0 Å². The monoisotopic (exact) mass is 255 g/mol. The minimum Gasteiger partial charge on any atom is -0.397 e. The molecule has 0 bridgehead atoms. The lowest BCUT2D eigenvalue weighted by atomic mass is 10.1. The normalized spacial score (nSPS) is 17.1. The molecule has 1 aromatic rings. The SMILES string of the molecule is Nc1cc(S(N)(=O)=O)ccc1N1CCCCC1. The Morgan fingerprint density at radius 1 is 1.12 bits per heavy atom. The molecule has 1 aromatic carbocycles. The molecule has 0 unspecified atom stereocenters. The molecule has 94 valence electrons. The van der Waals surface area contributed by atoms with Crippen molar-refractivity contribution in [3.05, 3.63) is 18.2 Å². The van der Waals surface area contributed by atoms with Crippen LogP contribution in [0.25, 0.3) is 0 Å². The third-order valence-corrected chi connectivity index (χ3v) is 3.94. The van der Waals surface area contributed by atoms with Gasteiger partial charge in [0.15, 0.2) is 0 Å². The summed E-state index contributed by atoms with van der Waals surface area (Å²) >= 11 is 0. The largest absolute Gasteiger partial charge is 0.397 e. The molecule has 0 amide bonds. The highest BCUT2D eigenvalue weighted by Gasteiger charge is 2.15. The number of hydrogen-bond donors (Lipinski definition) is 2. The molecular formula is C11H17N3O2S. The minimum atomic E-state index is -3.67. The zero-order valence-corrected chi connectivity index (χ0v) is 10.4. The van der Waals surface area contributed by atoms with Crippen LogP contribution < -0.4 is 15.8 Å². The van der Waals surface area contributed by atoms with E-state index >= 15 is 0 Å². The summed E-state index contributed by atoms with van der Waals surface area (Å²) in [6, 6.07) is 4.68. The first-order valence-electron chi connectivity index (χ1n) is 5.66. The van der Waals surface area contributed by atoms with Gasteiger partial charge in [0.1, 0.15) is 0 Å². The molecule has 0 aliphatic carbocycles. The summed E-state index contributed by atoms with van der Waals surface area (Å²) in [5.41, 5.74) is 7.26. The minimum absolute atomic E-state index is 0.0655. The Morgan fingerprint density at radius 2 is 1.76 bits per heavy atom. The molecule has 2 rings (SSSR count). The molecule has 0 atom stereocenters. The van der Waals surface area contributed by atoms with Gasteiger partial charge in [0.05, 0.1) is 16.3 Å². The Bertz CT molecular complexity index is 507. The molecule has 4 N–H and O–H groups in total. The second kappa shape index (κ2) is 4.54. The molecular weight excluding hydrogens is 238 g/mol. The predicted octanol–water partition coefficient (Wildman–Crippen LogP) is 0.906. The fourth-order valence-electron chi connectivity index (χ4n) is 2.13. The van der Waals surface area contributed by atoms with Gasteiger partial charge in [-0.2, -0.15) is 0 Å². The van der Waals surface area contributed by atoms with E-state index < -0.39 is 10.0 Å². The molecule has 5 nitrogen and oxygen atoms in total. The quantitative estimate of drug-likeness (QED) is 0.768. The lowest BCUT2D eigenvalue weighted by molar-refractivity contribution is 0.578.